The molecule has 3 rings (SSSR count). The van der Waals surface area contributed by atoms with Gasteiger partial charge in [-0.2, -0.15) is 4.98 Å². The SMILES string of the molecule is C[C@H](CC=O)N(N)c1nc(Nc2cccc(-c3ncccn3)c2)c(C(N)=O)c(=O)[nH]1. The van der Waals surface area contributed by atoms with Crippen molar-refractivity contribution in [3.63, 3.8) is 0 Å². The molecule has 1 amide bonds. The number of hydrogen-bond donors (Lipinski definition) is 4. The molecule has 154 valence electrons. The molecule has 2 aromatic heterocycles. The summed E-state index contributed by atoms with van der Waals surface area (Å²) >= 11 is 0. The minimum atomic E-state index is -0.954. The van der Waals surface area contributed by atoms with Gasteiger partial charge in [0.25, 0.3) is 11.5 Å². The van der Waals surface area contributed by atoms with E-state index in [4.69, 9.17) is 11.6 Å². The van der Waals surface area contributed by atoms with Crippen LogP contribution in [-0.2, 0) is 4.79 Å². The molecule has 1 aromatic carbocycles. The fourth-order valence-corrected chi connectivity index (χ4v) is 2.69. The molecule has 0 radical (unpaired) electrons. The number of carbonyl (C=O) groups is 2. The maximum atomic E-state index is 12.5. The van der Waals surface area contributed by atoms with Crippen LogP contribution in [0, 0.1) is 0 Å². The number of carbonyl (C=O) groups excluding carboxylic acids is 2. The zero-order chi connectivity index (χ0) is 21.7. The average molecular weight is 408 g/mol. The summed E-state index contributed by atoms with van der Waals surface area (Å²) < 4.78 is 0. The highest BCUT2D eigenvalue weighted by Gasteiger charge is 2.21. The number of anilines is 3. The average Bonchev–Trinajstić information content (AvgIpc) is 2.73. The Balaban J connectivity index is 2.01. The first kappa shape index (κ1) is 20.6. The molecule has 0 saturated carbocycles. The number of hydrazine groups is 1. The smallest absolute Gasteiger partial charge is 0.267 e. The van der Waals surface area contributed by atoms with Gasteiger partial charge in [0.15, 0.2) is 11.6 Å². The third kappa shape index (κ3) is 4.47. The van der Waals surface area contributed by atoms with E-state index >= 15 is 0 Å². The number of H-pyrrole nitrogens is 1. The number of rotatable bonds is 8. The topological polar surface area (TPSA) is 173 Å². The summed E-state index contributed by atoms with van der Waals surface area (Å²) in [6, 6.07) is 8.29. The van der Waals surface area contributed by atoms with Crippen LogP contribution in [0.4, 0.5) is 17.5 Å². The molecule has 0 aliphatic heterocycles. The molecule has 30 heavy (non-hydrogen) atoms. The number of primary amides is 1. The second kappa shape index (κ2) is 8.92. The van der Waals surface area contributed by atoms with E-state index in [9.17, 15) is 14.4 Å². The number of nitrogens with one attached hydrogen (secondary N) is 2. The Hall–Kier alpha value is -4.12. The molecule has 11 heteroatoms. The van der Waals surface area contributed by atoms with Crippen molar-refractivity contribution >= 4 is 29.6 Å². The number of nitrogens with two attached hydrogens (primary N) is 2. The van der Waals surface area contributed by atoms with E-state index in [1.54, 1.807) is 43.6 Å². The summed E-state index contributed by atoms with van der Waals surface area (Å²) in [6.07, 6.45) is 4.07. The number of amides is 1. The molecule has 0 spiro atoms. The molecule has 2 heterocycles. The van der Waals surface area contributed by atoms with E-state index in [0.29, 0.717) is 23.4 Å². The lowest BCUT2D eigenvalue weighted by molar-refractivity contribution is -0.108. The molecule has 0 unspecified atom stereocenters. The van der Waals surface area contributed by atoms with Gasteiger partial charge in [-0.05, 0) is 25.1 Å². The largest absolute Gasteiger partial charge is 0.365 e. The lowest BCUT2D eigenvalue weighted by atomic mass is 10.2. The number of nitrogens with zero attached hydrogens (tertiary/aromatic N) is 4. The molecule has 0 fully saturated rings. The minimum absolute atomic E-state index is 0.0237. The predicted octanol–water partition coefficient (Wildman–Crippen LogP) is 0.727. The Kier molecular flexibility index (Phi) is 6.13. The first-order chi connectivity index (χ1) is 14.4. The van der Waals surface area contributed by atoms with Gasteiger partial charge in [-0.15, -0.1) is 0 Å². The van der Waals surface area contributed by atoms with Crippen LogP contribution >= 0.6 is 0 Å². The lowest BCUT2D eigenvalue weighted by Gasteiger charge is -2.23. The molecule has 1 atom stereocenters. The van der Waals surface area contributed by atoms with Crippen LogP contribution in [0.15, 0.2) is 47.5 Å². The van der Waals surface area contributed by atoms with Crippen molar-refractivity contribution in [1.82, 2.24) is 19.9 Å². The summed E-state index contributed by atoms with van der Waals surface area (Å²) in [5.41, 5.74) is 5.50. The Morgan fingerprint density at radius 1 is 1.30 bits per heavy atom. The van der Waals surface area contributed by atoms with Crippen LogP contribution in [-0.4, -0.2) is 38.2 Å². The summed E-state index contributed by atoms with van der Waals surface area (Å²) in [5.74, 6) is 5.42. The van der Waals surface area contributed by atoms with Crippen molar-refractivity contribution in [3.8, 4) is 11.4 Å². The van der Waals surface area contributed by atoms with E-state index < -0.39 is 17.5 Å². The van der Waals surface area contributed by atoms with Crippen LogP contribution in [0.5, 0.6) is 0 Å². The van der Waals surface area contributed by atoms with Gasteiger partial charge >= 0.3 is 0 Å². The lowest BCUT2D eigenvalue weighted by Crippen LogP contribution is -2.42. The third-order valence-corrected chi connectivity index (χ3v) is 4.26. The zero-order valence-electron chi connectivity index (χ0n) is 16.1. The standard InChI is InChI=1S/C19H20N8O3/c1-11(6-9-28)27(21)19-25-17(14(15(20)29)18(30)26-19)24-13-5-2-4-12(10-13)16-22-7-3-8-23-16/h2-5,7-11H,6,21H2,1H3,(H2,20,29)(H2,24,25,26,30)/t11-/m1/s1. The summed E-state index contributed by atoms with van der Waals surface area (Å²) in [6.45, 7) is 1.69. The molecular weight excluding hydrogens is 388 g/mol. The maximum Gasteiger partial charge on any atom is 0.267 e. The molecule has 11 nitrogen and oxygen atoms in total. The van der Waals surface area contributed by atoms with E-state index in [-0.39, 0.29) is 23.8 Å². The molecular formula is C19H20N8O3. The Morgan fingerprint density at radius 2 is 2.03 bits per heavy atom. The van der Waals surface area contributed by atoms with Crippen LogP contribution in [0.25, 0.3) is 11.4 Å². The molecule has 0 aliphatic carbocycles. The fourth-order valence-electron chi connectivity index (χ4n) is 2.69. The van der Waals surface area contributed by atoms with Gasteiger partial charge in [0.2, 0.25) is 5.95 Å². The van der Waals surface area contributed by atoms with E-state index in [0.717, 1.165) is 5.01 Å². The van der Waals surface area contributed by atoms with E-state index in [1.165, 1.54) is 0 Å². The third-order valence-electron chi connectivity index (χ3n) is 4.26. The van der Waals surface area contributed by atoms with Gasteiger partial charge in [0.05, 0.1) is 6.04 Å². The normalized spacial score (nSPS) is 11.5. The van der Waals surface area contributed by atoms with Crippen LogP contribution in [0.1, 0.15) is 23.7 Å². The second-order valence-corrected chi connectivity index (χ2v) is 6.41. The zero-order valence-corrected chi connectivity index (χ0v) is 16.1. The van der Waals surface area contributed by atoms with Gasteiger partial charge in [-0.3, -0.25) is 19.6 Å². The quantitative estimate of drug-likeness (QED) is 0.238. The Bertz CT molecular complexity index is 1120. The first-order valence-electron chi connectivity index (χ1n) is 8.97. The van der Waals surface area contributed by atoms with Gasteiger partial charge in [0.1, 0.15) is 11.8 Å². The Morgan fingerprint density at radius 3 is 2.70 bits per heavy atom. The summed E-state index contributed by atoms with van der Waals surface area (Å²) in [4.78, 5) is 50.1. The maximum absolute atomic E-state index is 12.5. The molecule has 3 aromatic rings. The van der Waals surface area contributed by atoms with Crippen LogP contribution < -0.4 is 27.5 Å². The second-order valence-electron chi connectivity index (χ2n) is 6.41. The molecule has 6 N–H and O–H groups in total. The van der Waals surface area contributed by atoms with Crippen molar-refractivity contribution in [2.45, 2.75) is 19.4 Å². The van der Waals surface area contributed by atoms with Gasteiger partial charge in [0, 0.05) is 30.1 Å². The molecule has 0 saturated heterocycles. The highest BCUT2D eigenvalue weighted by atomic mass is 16.2. The number of hydrogen-bond acceptors (Lipinski definition) is 9. The minimum Gasteiger partial charge on any atom is -0.365 e. The Labute approximate surface area is 171 Å². The molecule has 0 bridgehead atoms. The van der Waals surface area contributed by atoms with Crippen LogP contribution in [0.3, 0.4) is 0 Å². The van der Waals surface area contributed by atoms with Crippen molar-refractivity contribution in [3.05, 3.63) is 58.6 Å². The van der Waals surface area contributed by atoms with Crippen molar-refractivity contribution in [1.29, 1.82) is 0 Å². The fraction of sp³-hybridized carbons (Fsp3) is 0.158. The van der Waals surface area contributed by atoms with Crippen molar-refractivity contribution in [2.75, 3.05) is 10.3 Å². The van der Waals surface area contributed by atoms with Crippen molar-refractivity contribution in [2.24, 2.45) is 11.6 Å². The van der Waals surface area contributed by atoms with Gasteiger partial charge in [-0.25, -0.2) is 15.8 Å². The summed E-state index contributed by atoms with van der Waals surface area (Å²) in [5, 5.41) is 4.07. The number of benzene rings is 1. The first-order valence-corrected chi connectivity index (χ1v) is 8.97. The highest BCUT2D eigenvalue weighted by Crippen LogP contribution is 2.23. The number of aromatic amines is 1. The van der Waals surface area contributed by atoms with E-state index in [1.807, 2.05) is 6.07 Å². The molecule has 0 aliphatic rings. The predicted molar refractivity (Wildman–Crippen MR) is 111 cm³/mol. The van der Waals surface area contributed by atoms with E-state index in [2.05, 4.69) is 25.3 Å². The van der Waals surface area contributed by atoms with Crippen LogP contribution in [0.2, 0.25) is 0 Å². The number of aromatic nitrogens is 4. The summed E-state index contributed by atoms with van der Waals surface area (Å²) in [7, 11) is 0. The van der Waals surface area contributed by atoms with Gasteiger partial charge in [-0.1, -0.05) is 12.1 Å². The van der Waals surface area contributed by atoms with Gasteiger partial charge < -0.3 is 15.8 Å². The highest BCUT2D eigenvalue weighted by molar-refractivity contribution is 5.98. The van der Waals surface area contributed by atoms with Crippen molar-refractivity contribution < 1.29 is 9.59 Å². The number of aldehydes is 1. The monoisotopic (exact) mass is 408 g/mol.